The van der Waals surface area contributed by atoms with E-state index in [0.717, 1.165) is 0 Å². The average Bonchev–Trinajstić information content (AvgIpc) is 2.17. The summed E-state index contributed by atoms with van der Waals surface area (Å²) in [6, 6.07) is 6.75. The van der Waals surface area contributed by atoms with E-state index in [0.29, 0.717) is 10.6 Å². The first kappa shape index (κ1) is 12.7. The fraction of sp³-hybridized carbons (Fsp3) is 0.333. The zero-order valence-electron chi connectivity index (χ0n) is 9.11. The summed E-state index contributed by atoms with van der Waals surface area (Å²) in [7, 11) is 0. The van der Waals surface area contributed by atoms with Gasteiger partial charge in [-0.05, 0) is 23.6 Å². The third-order valence-electron chi connectivity index (χ3n) is 2.37. The van der Waals surface area contributed by atoms with Crippen LogP contribution in [0.4, 0.5) is 0 Å². The summed E-state index contributed by atoms with van der Waals surface area (Å²) in [5.41, 5.74) is 0.648. The zero-order chi connectivity index (χ0) is 12.3. The smallest absolute Gasteiger partial charge is 0.372 e. The van der Waals surface area contributed by atoms with E-state index in [-0.39, 0.29) is 5.92 Å². The lowest BCUT2D eigenvalue weighted by Crippen LogP contribution is -2.25. The molecule has 3 nitrogen and oxygen atoms in total. The molecule has 0 bridgehead atoms. The summed E-state index contributed by atoms with van der Waals surface area (Å²) in [4.78, 5) is 22.3. The van der Waals surface area contributed by atoms with E-state index in [1.807, 2.05) is 13.8 Å². The van der Waals surface area contributed by atoms with Gasteiger partial charge in [-0.2, -0.15) is 0 Å². The van der Waals surface area contributed by atoms with E-state index < -0.39 is 17.7 Å². The number of aliphatic carboxylic acids is 1. The van der Waals surface area contributed by atoms with E-state index in [1.54, 1.807) is 24.3 Å². The maximum absolute atomic E-state index is 11.6. The Morgan fingerprint density at radius 2 is 1.94 bits per heavy atom. The number of benzene rings is 1. The van der Waals surface area contributed by atoms with Crippen LogP contribution in [-0.4, -0.2) is 16.9 Å². The minimum Gasteiger partial charge on any atom is -0.475 e. The molecule has 0 amide bonds. The maximum atomic E-state index is 11.6. The molecule has 86 valence electrons. The Morgan fingerprint density at radius 3 is 2.38 bits per heavy atom. The van der Waals surface area contributed by atoms with E-state index in [4.69, 9.17) is 16.7 Å². The molecule has 0 radical (unpaired) electrons. The third kappa shape index (κ3) is 2.83. The van der Waals surface area contributed by atoms with Gasteiger partial charge in [-0.25, -0.2) is 4.79 Å². The minimum absolute atomic E-state index is 0.0814. The SMILES string of the molecule is CC(C)C(C(=O)C(=O)O)c1cccc(Cl)c1. The maximum Gasteiger partial charge on any atom is 0.372 e. The average molecular weight is 241 g/mol. The number of carboxylic acid groups (broad SMARTS) is 1. The molecule has 1 atom stereocenters. The van der Waals surface area contributed by atoms with Crippen LogP contribution in [0, 0.1) is 5.92 Å². The van der Waals surface area contributed by atoms with Gasteiger partial charge in [0.1, 0.15) is 0 Å². The fourth-order valence-corrected chi connectivity index (χ4v) is 1.87. The van der Waals surface area contributed by atoms with E-state index in [9.17, 15) is 9.59 Å². The first-order chi connectivity index (χ1) is 7.43. The molecule has 0 saturated carbocycles. The second-order valence-corrected chi connectivity index (χ2v) is 4.38. The van der Waals surface area contributed by atoms with Crippen molar-refractivity contribution >= 4 is 23.4 Å². The van der Waals surface area contributed by atoms with Crippen molar-refractivity contribution in [3.05, 3.63) is 34.9 Å². The summed E-state index contributed by atoms with van der Waals surface area (Å²) in [5, 5.41) is 9.25. The van der Waals surface area contributed by atoms with Crippen LogP contribution in [0.5, 0.6) is 0 Å². The van der Waals surface area contributed by atoms with Crippen LogP contribution in [0.2, 0.25) is 5.02 Å². The largest absolute Gasteiger partial charge is 0.475 e. The van der Waals surface area contributed by atoms with E-state index >= 15 is 0 Å². The Hall–Kier alpha value is -1.35. The molecule has 1 aromatic carbocycles. The predicted octanol–water partition coefficient (Wildman–Crippen LogP) is 2.73. The highest BCUT2D eigenvalue weighted by Gasteiger charge is 2.29. The van der Waals surface area contributed by atoms with Gasteiger partial charge in [0.2, 0.25) is 5.78 Å². The quantitative estimate of drug-likeness (QED) is 0.824. The van der Waals surface area contributed by atoms with Gasteiger partial charge in [-0.1, -0.05) is 37.6 Å². The first-order valence-corrected chi connectivity index (χ1v) is 5.34. The van der Waals surface area contributed by atoms with Gasteiger partial charge in [0, 0.05) is 5.02 Å². The van der Waals surface area contributed by atoms with Crippen molar-refractivity contribution < 1.29 is 14.7 Å². The van der Waals surface area contributed by atoms with Crippen molar-refractivity contribution in [3.63, 3.8) is 0 Å². The molecular formula is C12H13ClO3. The molecule has 1 N–H and O–H groups in total. The van der Waals surface area contributed by atoms with Crippen molar-refractivity contribution in [1.29, 1.82) is 0 Å². The van der Waals surface area contributed by atoms with Gasteiger partial charge >= 0.3 is 5.97 Å². The van der Waals surface area contributed by atoms with Gasteiger partial charge in [0.15, 0.2) is 0 Å². The monoisotopic (exact) mass is 240 g/mol. The lowest BCUT2D eigenvalue weighted by atomic mass is 9.85. The second kappa shape index (κ2) is 5.12. The van der Waals surface area contributed by atoms with E-state index in [2.05, 4.69) is 0 Å². The third-order valence-corrected chi connectivity index (χ3v) is 2.60. The molecule has 1 rings (SSSR count). The van der Waals surface area contributed by atoms with Crippen molar-refractivity contribution in [1.82, 2.24) is 0 Å². The number of carbonyl (C=O) groups is 2. The summed E-state index contributed by atoms with van der Waals surface area (Å²) in [6.07, 6.45) is 0. The zero-order valence-corrected chi connectivity index (χ0v) is 9.86. The van der Waals surface area contributed by atoms with Gasteiger partial charge in [0.25, 0.3) is 0 Å². The summed E-state index contributed by atoms with van der Waals surface area (Å²) < 4.78 is 0. The summed E-state index contributed by atoms with van der Waals surface area (Å²) in [5.74, 6) is -2.92. The van der Waals surface area contributed by atoms with Crippen LogP contribution in [0.1, 0.15) is 25.3 Å². The highest BCUT2D eigenvalue weighted by atomic mass is 35.5. The number of halogens is 1. The number of Topliss-reactive ketones (excluding diaryl/α,β-unsaturated/α-hetero) is 1. The Morgan fingerprint density at radius 1 is 1.31 bits per heavy atom. The van der Waals surface area contributed by atoms with Crippen LogP contribution in [0.3, 0.4) is 0 Å². The van der Waals surface area contributed by atoms with Crippen molar-refractivity contribution in [2.45, 2.75) is 19.8 Å². The van der Waals surface area contributed by atoms with Crippen LogP contribution in [0.25, 0.3) is 0 Å². The molecule has 0 fully saturated rings. The molecule has 1 aromatic rings. The Kier molecular flexibility index (Phi) is 4.07. The lowest BCUT2D eigenvalue weighted by Gasteiger charge is -2.18. The van der Waals surface area contributed by atoms with E-state index in [1.165, 1.54) is 0 Å². The normalized spacial score (nSPS) is 12.5. The molecule has 0 aliphatic rings. The van der Waals surface area contributed by atoms with Crippen molar-refractivity contribution in [2.75, 3.05) is 0 Å². The molecule has 4 heteroatoms. The van der Waals surface area contributed by atoms with Crippen LogP contribution >= 0.6 is 11.6 Å². The number of carboxylic acids is 1. The molecule has 0 spiro atoms. The molecule has 16 heavy (non-hydrogen) atoms. The molecule has 0 aliphatic heterocycles. The summed E-state index contributed by atoms with van der Waals surface area (Å²) in [6.45, 7) is 3.62. The Balaban J connectivity index is 3.13. The number of rotatable bonds is 4. The van der Waals surface area contributed by atoms with Gasteiger partial charge in [-0.3, -0.25) is 4.79 Å². The number of ketones is 1. The molecule has 0 aliphatic carbocycles. The van der Waals surface area contributed by atoms with Crippen molar-refractivity contribution in [3.8, 4) is 0 Å². The topological polar surface area (TPSA) is 54.4 Å². The number of hydrogen-bond acceptors (Lipinski definition) is 2. The highest BCUT2D eigenvalue weighted by molar-refractivity contribution is 6.35. The molecule has 1 unspecified atom stereocenters. The number of carbonyl (C=O) groups excluding carboxylic acids is 1. The minimum atomic E-state index is -1.40. The van der Waals surface area contributed by atoms with Gasteiger partial charge in [0.05, 0.1) is 5.92 Å². The lowest BCUT2D eigenvalue weighted by molar-refractivity contribution is -0.150. The Bertz CT molecular complexity index is 412. The number of hydrogen-bond donors (Lipinski definition) is 1. The van der Waals surface area contributed by atoms with Gasteiger partial charge in [-0.15, -0.1) is 0 Å². The first-order valence-electron chi connectivity index (χ1n) is 4.96. The molecule has 0 heterocycles. The van der Waals surface area contributed by atoms with Crippen molar-refractivity contribution in [2.24, 2.45) is 5.92 Å². The standard InChI is InChI=1S/C12H13ClO3/c1-7(2)10(11(14)12(15)16)8-4-3-5-9(13)6-8/h3-7,10H,1-2H3,(H,15,16). The summed E-state index contributed by atoms with van der Waals surface area (Å²) >= 11 is 5.82. The van der Waals surface area contributed by atoms with Crippen LogP contribution < -0.4 is 0 Å². The Labute approximate surface area is 99.0 Å². The second-order valence-electron chi connectivity index (χ2n) is 3.95. The molecular weight excluding hydrogens is 228 g/mol. The fourth-order valence-electron chi connectivity index (χ4n) is 1.67. The van der Waals surface area contributed by atoms with Crippen LogP contribution in [-0.2, 0) is 9.59 Å². The molecule has 0 saturated heterocycles. The predicted molar refractivity (Wildman–Crippen MR) is 61.7 cm³/mol. The molecule has 0 aromatic heterocycles. The van der Waals surface area contributed by atoms with Gasteiger partial charge < -0.3 is 5.11 Å². The van der Waals surface area contributed by atoms with Crippen LogP contribution in [0.15, 0.2) is 24.3 Å². The highest BCUT2D eigenvalue weighted by Crippen LogP contribution is 2.27.